The molecule has 0 aliphatic carbocycles. The average Bonchev–Trinajstić information content (AvgIpc) is 4.13. The number of imidazole rings is 1. The lowest BCUT2D eigenvalue weighted by Gasteiger charge is -2.19. The normalized spacial score (nSPS) is 12.7. The minimum atomic E-state index is -0.735. The Morgan fingerprint density at radius 3 is 2.32 bits per heavy atom. The summed E-state index contributed by atoms with van der Waals surface area (Å²) in [6.07, 6.45) is 8.25. The average molecular weight is 925 g/mol. The van der Waals surface area contributed by atoms with E-state index in [1.54, 1.807) is 29.3 Å². The van der Waals surface area contributed by atoms with Gasteiger partial charge in [0.25, 0.3) is 17.7 Å². The largest absolute Gasteiger partial charge is 0.491 e. The fourth-order valence-electron chi connectivity index (χ4n) is 7.95. The molecule has 22 nitrogen and oxygen atoms in total. The molecule has 0 atom stereocenters. The number of allylic oxidation sites excluding steroid dienone is 2. The first-order chi connectivity index (χ1) is 32.6. The third-order valence-electron chi connectivity index (χ3n) is 11.3. The van der Waals surface area contributed by atoms with Crippen molar-refractivity contribution in [1.29, 1.82) is 0 Å². The van der Waals surface area contributed by atoms with Crippen LogP contribution in [0, 0.1) is 13.8 Å². The number of pyridine rings is 2. The molecule has 7 heterocycles. The number of oxazole rings is 1. The van der Waals surface area contributed by atoms with Gasteiger partial charge in [-0.05, 0) is 57.0 Å². The number of carbonyl (C=O) groups is 6. The second kappa shape index (κ2) is 19.1. The summed E-state index contributed by atoms with van der Waals surface area (Å²) >= 11 is 0. The van der Waals surface area contributed by atoms with Crippen molar-refractivity contribution >= 4 is 74.5 Å². The number of nitrogens with two attached hydrogens (primary N) is 2. The highest BCUT2D eigenvalue weighted by Gasteiger charge is 2.26. The fourth-order valence-corrected chi connectivity index (χ4v) is 7.95. The highest BCUT2D eigenvalue weighted by atomic mass is 16.5. The molecule has 0 fully saturated rings. The highest BCUT2D eigenvalue weighted by Crippen LogP contribution is 2.33. The molecule has 1 aliphatic rings. The number of benzene rings is 1. The van der Waals surface area contributed by atoms with E-state index in [1.807, 2.05) is 49.6 Å². The minimum Gasteiger partial charge on any atom is -0.491 e. The Morgan fingerprint density at radius 1 is 0.882 bits per heavy atom. The molecule has 0 unspecified atom stereocenters. The molecule has 8 rings (SSSR count). The summed E-state index contributed by atoms with van der Waals surface area (Å²) in [7, 11) is 1.61. The number of anilines is 1. The van der Waals surface area contributed by atoms with Crippen LogP contribution in [0.25, 0.3) is 44.6 Å². The number of amides is 6. The van der Waals surface area contributed by atoms with E-state index in [-0.39, 0.29) is 73.7 Å². The molecule has 1 aliphatic heterocycles. The van der Waals surface area contributed by atoms with Crippen molar-refractivity contribution in [2.24, 2.45) is 11.5 Å². The zero-order valence-electron chi connectivity index (χ0n) is 38.0. The van der Waals surface area contributed by atoms with E-state index in [0.717, 1.165) is 10.3 Å². The van der Waals surface area contributed by atoms with Gasteiger partial charge in [-0.25, -0.2) is 29.6 Å². The van der Waals surface area contributed by atoms with Crippen LogP contribution in [0.3, 0.4) is 0 Å². The number of fused-ring (bicyclic) bond motifs is 4. The van der Waals surface area contributed by atoms with Gasteiger partial charge in [0.05, 0.1) is 23.4 Å². The molecular formula is C46H48N14O8. The zero-order chi connectivity index (χ0) is 48.4. The van der Waals surface area contributed by atoms with E-state index in [4.69, 9.17) is 30.6 Å². The number of nitrogens with zero attached hydrogens (tertiary/aromatic N) is 11. The Labute approximate surface area is 387 Å². The Hall–Kier alpha value is -8.56. The molecule has 0 radical (unpaired) electrons. The molecular weight excluding hydrogens is 877 g/mol. The molecule has 0 bridgehead atoms. The van der Waals surface area contributed by atoms with Gasteiger partial charge in [-0.15, -0.1) is 0 Å². The predicted octanol–water partition coefficient (Wildman–Crippen LogP) is 3.63. The van der Waals surface area contributed by atoms with Gasteiger partial charge < -0.3 is 34.7 Å². The standard InChI is InChI=1S/C46H48N14O8/c1-6-31-39(68-26(4)51-31)45(66)54-46-53-33-22-27(40(47)64)23-34(67-20-10-16-56(5)35(61)15-19-57-36(62)13-14-37(57)63)38(33)58(46)17-8-9-18-59-42-30(21-28(24-49-42)41(48)65)29-11-12-32(52-43(29)59)44-50-25(3)55-60(44)7-2/h8-9,11-14,21-24H,6-7,10,15-20H2,1-5H3,(H2,47,64)(H2,48,65)(H,53,54,66)/b9-8+. The van der Waals surface area contributed by atoms with Crippen LogP contribution in [0.1, 0.15) is 75.4 Å². The minimum absolute atomic E-state index is 0.0278. The van der Waals surface area contributed by atoms with Crippen molar-refractivity contribution in [1.82, 2.24) is 53.6 Å². The maximum atomic E-state index is 13.8. The molecule has 0 saturated heterocycles. The summed E-state index contributed by atoms with van der Waals surface area (Å²) in [6, 6.07) is 8.44. The number of hydrogen-bond donors (Lipinski definition) is 3. The number of rotatable bonds is 19. The van der Waals surface area contributed by atoms with E-state index < -0.39 is 29.5 Å². The second-order valence-corrected chi connectivity index (χ2v) is 15.9. The first-order valence-corrected chi connectivity index (χ1v) is 21.8. The van der Waals surface area contributed by atoms with Gasteiger partial charge >= 0.3 is 0 Å². The number of aryl methyl sites for hydroxylation is 4. The fraction of sp³-hybridized carbons (Fsp3) is 0.304. The third-order valence-corrected chi connectivity index (χ3v) is 11.3. The summed E-state index contributed by atoms with van der Waals surface area (Å²) in [5, 5.41) is 8.77. The topological polar surface area (TPSA) is 287 Å². The lowest BCUT2D eigenvalue weighted by atomic mass is 10.1. The quantitative estimate of drug-likeness (QED) is 0.0593. The molecule has 5 N–H and O–H groups in total. The van der Waals surface area contributed by atoms with Crippen LogP contribution in [-0.4, -0.2) is 116 Å². The first-order valence-electron chi connectivity index (χ1n) is 21.8. The molecule has 22 heteroatoms. The molecule has 1 aromatic carbocycles. The lowest BCUT2D eigenvalue weighted by Crippen LogP contribution is -2.36. The van der Waals surface area contributed by atoms with Gasteiger partial charge in [0.2, 0.25) is 29.4 Å². The van der Waals surface area contributed by atoms with Crippen LogP contribution in [0.5, 0.6) is 5.75 Å². The Bertz CT molecular complexity index is 3230. The smallest absolute Gasteiger partial charge is 0.295 e. The van der Waals surface area contributed by atoms with Crippen LogP contribution in [0.4, 0.5) is 5.95 Å². The van der Waals surface area contributed by atoms with Crippen molar-refractivity contribution in [3.8, 4) is 17.3 Å². The first kappa shape index (κ1) is 46.0. The van der Waals surface area contributed by atoms with E-state index in [0.29, 0.717) is 76.0 Å². The second-order valence-electron chi connectivity index (χ2n) is 15.9. The van der Waals surface area contributed by atoms with E-state index >= 15 is 0 Å². The van der Waals surface area contributed by atoms with Crippen molar-refractivity contribution in [3.05, 3.63) is 95.1 Å². The van der Waals surface area contributed by atoms with Gasteiger partial charge in [-0.1, -0.05) is 19.1 Å². The number of imide groups is 1. The molecule has 6 aromatic heterocycles. The Morgan fingerprint density at radius 2 is 1.62 bits per heavy atom. The number of aromatic nitrogens is 9. The summed E-state index contributed by atoms with van der Waals surface area (Å²) in [5.41, 5.74) is 14.7. The maximum Gasteiger partial charge on any atom is 0.295 e. The number of ether oxygens (including phenoxy) is 1. The molecule has 0 spiro atoms. The Balaban J connectivity index is 1.11. The van der Waals surface area contributed by atoms with Crippen LogP contribution < -0.4 is 21.5 Å². The third kappa shape index (κ3) is 9.15. The monoisotopic (exact) mass is 924 g/mol. The van der Waals surface area contributed by atoms with Crippen molar-refractivity contribution < 1.29 is 37.9 Å². The highest BCUT2D eigenvalue weighted by molar-refractivity contribution is 6.13. The van der Waals surface area contributed by atoms with Crippen molar-refractivity contribution in [2.75, 3.05) is 32.1 Å². The van der Waals surface area contributed by atoms with E-state index in [2.05, 4.69) is 25.4 Å². The number of hydrogen-bond acceptors (Lipinski definition) is 14. The number of nitrogens with one attached hydrogen (secondary N) is 1. The van der Waals surface area contributed by atoms with Crippen molar-refractivity contribution in [3.63, 3.8) is 0 Å². The molecule has 0 saturated carbocycles. The summed E-state index contributed by atoms with van der Waals surface area (Å²) in [5.74, 6) is -1.25. The van der Waals surface area contributed by atoms with Crippen LogP contribution in [0.15, 0.2) is 65.2 Å². The maximum absolute atomic E-state index is 13.8. The van der Waals surface area contributed by atoms with Crippen LogP contribution >= 0.6 is 0 Å². The molecule has 7 aromatic rings. The SMILES string of the molecule is CCc1nc(C)oc1C(=O)Nc1nc2cc(C(N)=O)cc(OCCCN(C)C(=O)CCN3C(=O)C=CC3=O)c2n1C/C=C/Cn1c2ncc(C(N)=O)cc2c2ccc(-c3nc(C)nn3CC)nc21. The van der Waals surface area contributed by atoms with E-state index in [1.165, 1.54) is 35.4 Å². The zero-order valence-corrected chi connectivity index (χ0v) is 38.0. The summed E-state index contributed by atoms with van der Waals surface area (Å²) in [4.78, 5) is 101. The van der Waals surface area contributed by atoms with Crippen LogP contribution in [-0.2, 0) is 40.4 Å². The van der Waals surface area contributed by atoms with Gasteiger partial charge in [-0.3, -0.25) is 39.0 Å². The lowest BCUT2D eigenvalue weighted by molar-refractivity contribution is -0.138. The van der Waals surface area contributed by atoms with E-state index in [9.17, 15) is 28.8 Å². The van der Waals surface area contributed by atoms with Gasteiger partial charge in [0.1, 0.15) is 34.1 Å². The Kier molecular flexibility index (Phi) is 12.9. The summed E-state index contributed by atoms with van der Waals surface area (Å²) in [6.45, 7) is 8.56. The van der Waals surface area contributed by atoms with Gasteiger partial charge in [0, 0.05) is 87.8 Å². The molecule has 6 amide bonds. The number of carbonyl (C=O) groups excluding carboxylic acids is 6. The number of primary amides is 2. The van der Waals surface area contributed by atoms with Crippen LogP contribution in [0.2, 0.25) is 0 Å². The molecule has 68 heavy (non-hydrogen) atoms. The van der Waals surface area contributed by atoms with Crippen molar-refractivity contribution in [2.45, 2.75) is 66.6 Å². The van der Waals surface area contributed by atoms with Gasteiger partial charge in [0.15, 0.2) is 11.7 Å². The molecule has 350 valence electrons. The summed E-state index contributed by atoms with van der Waals surface area (Å²) < 4.78 is 17.4. The van der Waals surface area contributed by atoms with Gasteiger partial charge in [-0.2, -0.15) is 5.10 Å². The predicted molar refractivity (Wildman–Crippen MR) is 247 cm³/mol.